The van der Waals surface area contributed by atoms with Gasteiger partial charge in [0.25, 0.3) is 5.56 Å². The molecule has 0 aliphatic carbocycles. The first-order chi connectivity index (χ1) is 10.1. The van der Waals surface area contributed by atoms with Gasteiger partial charge in [-0.15, -0.1) is 0 Å². The van der Waals surface area contributed by atoms with Gasteiger partial charge in [-0.1, -0.05) is 23.4 Å². The fourth-order valence-electron chi connectivity index (χ4n) is 1.96. The monoisotopic (exact) mass is 301 g/mol. The van der Waals surface area contributed by atoms with E-state index in [-0.39, 0.29) is 5.56 Å². The second kappa shape index (κ2) is 6.46. The zero-order chi connectivity index (χ0) is 15.4. The smallest absolute Gasteiger partial charge is 0.270 e. The van der Waals surface area contributed by atoms with Crippen molar-refractivity contribution in [1.82, 2.24) is 9.97 Å². The molecule has 0 saturated carbocycles. The van der Waals surface area contributed by atoms with Crippen molar-refractivity contribution in [3.63, 3.8) is 0 Å². The summed E-state index contributed by atoms with van der Waals surface area (Å²) >= 11 is 1.32. The Labute approximate surface area is 127 Å². The van der Waals surface area contributed by atoms with E-state index in [0.717, 1.165) is 5.56 Å². The Morgan fingerprint density at radius 3 is 2.86 bits per heavy atom. The first-order valence-corrected chi connectivity index (χ1v) is 7.65. The third-order valence-corrected chi connectivity index (χ3v) is 3.47. The molecule has 1 aromatic carbocycles. The molecule has 0 aliphatic rings. The highest BCUT2D eigenvalue weighted by molar-refractivity contribution is 7.98. The zero-order valence-electron chi connectivity index (χ0n) is 12.1. The summed E-state index contributed by atoms with van der Waals surface area (Å²) < 4.78 is 5.59. The number of aromatic amines is 1. The quantitative estimate of drug-likeness (QED) is 0.694. The Morgan fingerprint density at radius 1 is 1.48 bits per heavy atom. The van der Waals surface area contributed by atoms with E-state index in [1.807, 2.05) is 44.4 Å². The first kappa shape index (κ1) is 15.1. The molecule has 5 nitrogen and oxygen atoms in total. The number of ether oxygens (including phenoxy) is 1. The molecule has 2 rings (SSSR count). The predicted octanol–water partition coefficient (Wildman–Crippen LogP) is 2.74. The maximum atomic E-state index is 12.0. The van der Waals surface area contributed by atoms with Crippen LogP contribution in [0.15, 0.2) is 28.2 Å². The predicted molar refractivity (Wildman–Crippen MR) is 82.7 cm³/mol. The van der Waals surface area contributed by atoms with Gasteiger partial charge in [-0.05, 0) is 32.2 Å². The van der Waals surface area contributed by atoms with Crippen molar-refractivity contribution in [2.24, 2.45) is 0 Å². The van der Waals surface area contributed by atoms with Crippen LogP contribution in [0.4, 0.5) is 0 Å². The van der Waals surface area contributed by atoms with Gasteiger partial charge in [-0.25, -0.2) is 4.98 Å². The summed E-state index contributed by atoms with van der Waals surface area (Å²) in [6.45, 7) is 4.32. The molecule has 1 aromatic heterocycles. The molecule has 108 valence electrons. The van der Waals surface area contributed by atoms with Gasteiger partial charge in [0.2, 0.25) is 0 Å². The van der Waals surface area contributed by atoms with E-state index >= 15 is 0 Å². The van der Waals surface area contributed by atoms with E-state index in [4.69, 9.17) is 4.74 Å². The van der Waals surface area contributed by atoms with Gasteiger partial charge in [0.15, 0.2) is 5.16 Å². The van der Waals surface area contributed by atoms with Crippen LogP contribution in [0.1, 0.15) is 18.1 Å². The average molecular weight is 301 g/mol. The molecule has 0 saturated heterocycles. The van der Waals surface area contributed by atoms with Gasteiger partial charge in [0, 0.05) is 5.56 Å². The summed E-state index contributed by atoms with van der Waals surface area (Å²) in [5.74, 6) is 0.616. The number of rotatable bonds is 4. The second-order valence-electron chi connectivity index (χ2n) is 4.34. The fourth-order valence-corrected chi connectivity index (χ4v) is 2.34. The van der Waals surface area contributed by atoms with Crippen molar-refractivity contribution in [2.45, 2.75) is 19.0 Å². The number of nitriles is 1. The van der Waals surface area contributed by atoms with Crippen molar-refractivity contribution in [1.29, 1.82) is 5.26 Å². The molecule has 1 heterocycles. The highest BCUT2D eigenvalue weighted by Crippen LogP contribution is 2.31. The van der Waals surface area contributed by atoms with E-state index in [1.54, 1.807) is 0 Å². The number of benzene rings is 1. The van der Waals surface area contributed by atoms with E-state index < -0.39 is 5.56 Å². The van der Waals surface area contributed by atoms with Crippen molar-refractivity contribution in [2.75, 3.05) is 12.9 Å². The van der Waals surface area contributed by atoms with Crippen LogP contribution in [0.5, 0.6) is 5.75 Å². The van der Waals surface area contributed by atoms with Crippen LogP contribution in [0.25, 0.3) is 11.3 Å². The number of aryl methyl sites for hydroxylation is 1. The van der Waals surface area contributed by atoms with Crippen LogP contribution in [0, 0.1) is 18.3 Å². The van der Waals surface area contributed by atoms with Crippen LogP contribution in [-0.2, 0) is 0 Å². The van der Waals surface area contributed by atoms with Gasteiger partial charge in [-0.3, -0.25) is 4.79 Å². The van der Waals surface area contributed by atoms with Crippen molar-refractivity contribution >= 4 is 11.8 Å². The van der Waals surface area contributed by atoms with Crippen molar-refractivity contribution in [3.05, 3.63) is 39.7 Å². The van der Waals surface area contributed by atoms with Crippen LogP contribution in [-0.4, -0.2) is 22.8 Å². The summed E-state index contributed by atoms with van der Waals surface area (Å²) in [5.41, 5.74) is 1.59. The normalized spacial score (nSPS) is 10.2. The topological polar surface area (TPSA) is 78.8 Å². The summed E-state index contributed by atoms with van der Waals surface area (Å²) in [5, 5.41) is 9.73. The molecule has 0 bridgehead atoms. The fraction of sp³-hybridized carbons (Fsp3) is 0.267. The minimum Gasteiger partial charge on any atom is -0.493 e. The maximum absolute atomic E-state index is 12.0. The minimum absolute atomic E-state index is 0.000599. The molecule has 0 amide bonds. The van der Waals surface area contributed by atoms with E-state index in [9.17, 15) is 10.1 Å². The lowest BCUT2D eigenvalue weighted by Gasteiger charge is -2.12. The molecule has 0 aliphatic heterocycles. The lowest BCUT2D eigenvalue weighted by molar-refractivity contribution is 0.341. The summed E-state index contributed by atoms with van der Waals surface area (Å²) in [6, 6.07) is 7.55. The highest BCUT2D eigenvalue weighted by atomic mass is 32.2. The Bertz CT molecular complexity index is 762. The Kier molecular flexibility index (Phi) is 4.66. The molecule has 6 heteroatoms. The Hall–Kier alpha value is -2.26. The van der Waals surface area contributed by atoms with E-state index in [2.05, 4.69) is 9.97 Å². The lowest BCUT2D eigenvalue weighted by Crippen LogP contribution is -2.15. The number of H-pyrrole nitrogens is 1. The number of nitrogens with one attached hydrogen (secondary N) is 1. The minimum atomic E-state index is -0.434. The van der Waals surface area contributed by atoms with E-state index in [0.29, 0.717) is 28.8 Å². The largest absolute Gasteiger partial charge is 0.493 e. The molecule has 0 unspecified atom stereocenters. The number of aromatic nitrogens is 2. The zero-order valence-corrected chi connectivity index (χ0v) is 12.9. The number of thioether (sulfide) groups is 1. The Morgan fingerprint density at radius 2 is 2.24 bits per heavy atom. The van der Waals surface area contributed by atoms with Gasteiger partial charge < -0.3 is 9.72 Å². The lowest BCUT2D eigenvalue weighted by atomic mass is 10.0. The molecule has 2 aromatic rings. The van der Waals surface area contributed by atoms with Crippen LogP contribution in [0.3, 0.4) is 0 Å². The number of hydrogen-bond donors (Lipinski definition) is 1. The number of nitrogens with zero attached hydrogens (tertiary/aromatic N) is 2. The van der Waals surface area contributed by atoms with Crippen molar-refractivity contribution < 1.29 is 4.74 Å². The van der Waals surface area contributed by atoms with Crippen molar-refractivity contribution in [3.8, 4) is 23.1 Å². The average Bonchev–Trinajstić information content (AvgIpc) is 2.48. The van der Waals surface area contributed by atoms with Gasteiger partial charge >= 0.3 is 0 Å². The standard InChI is InChI=1S/C15H15N3O2S/c1-4-20-12-6-5-9(2)7-10(12)13-11(8-16)14(19)18-15(17-13)21-3/h5-7H,4H2,1-3H3,(H,17,18,19). The molecule has 0 spiro atoms. The van der Waals surface area contributed by atoms with Gasteiger partial charge in [0.05, 0.1) is 6.61 Å². The first-order valence-electron chi connectivity index (χ1n) is 6.43. The third-order valence-electron chi connectivity index (χ3n) is 2.89. The summed E-state index contributed by atoms with van der Waals surface area (Å²) in [6.07, 6.45) is 1.81. The van der Waals surface area contributed by atoms with Crippen LogP contribution in [0.2, 0.25) is 0 Å². The van der Waals surface area contributed by atoms with Gasteiger partial charge in [0.1, 0.15) is 23.1 Å². The Balaban J connectivity index is 2.77. The third kappa shape index (κ3) is 3.09. The van der Waals surface area contributed by atoms with Crippen LogP contribution < -0.4 is 10.3 Å². The highest BCUT2D eigenvalue weighted by Gasteiger charge is 2.17. The number of hydrogen-bond acceptors (Lipinski definition) is 5. The summed E-state index contributed by atoms with van der Waals surface area (Å²) in [4.78, 5) is 19.0. The molecule has 21 heavy (non-hydrogen) atoms. The van der Waals surface area contributed by atoms with E-state index in [1.165, 1.54) is 11.8 Å². The SMILES string of the molecule is CCOc1ccc(C)cc1-c1nc(SC)[nH]c(=O)c1C#N. The van der Waals surface area contributed by atoms with Crippen LogP contribution >= 0.6 is 11.8 Å². The summed E-state index contributed by atoms with van der Waals surface area (Å²) in [7, 11) is 0. The molecule has 0 fully saturated rings. The maximum Gasteiger partial charge on any atom is 0.270 e. The molecule has 0 atom stereocenters. The van der Waals surface area contributed by atoms with Gasteiger partial charge in [-0.2, -0.15) is 5.26 Å². The molecular weight excluding hydrogens is 286 g/mol. The second-order valence-corrected chi connectivity index (χ2v) is 5.14. The molecule has 1 N–H and O–H groups in total. The molecule has 0 radical (unpaired) electrons. The molecular formula is C15H15N3O2S.